The summed E-state index contributed by atoms with van der Waals surface area (Å²) in [7, 11) is -3.75. The normalized spacial score (nSPS) is 12.0. The molecule has 0 aliphatic carbocycles. The molecule has 0 radical (unpaired) electrons. The Kier molecular flexibility index (Phi) is 24.6. The molecule has 3 rings (SSSR count). The van der Waals surface area contributed by atoms with Gasteiger partial charge in [0.1, 0.15) is 12.3 Å². The number of aromatic nitrogens is 4. The Bertz CT molecular complexity index is 2180. The number of benzene rings is 2. The van der Waals surface area contributed by atoms with E-state index in [0.717, 1.165) is 42.9 Å². The lowest BCUT2D eigenvalue weighted by Crippen LogP contribution is -2.45. The molecule has 0 spiro atoms. The molecule has 0 aliphatic rings. The van der Waals surface area contributed by atoms with Crippen molar-refractivity contribution >= 4 is 73.3 Å². The molecule has 0 fully saturated rings. The SMILES string of the molecule is CCCCCCCCCCCCCCCCS(=O)(=O)Nc1ccc(Cl)c(NC(=O)C(Oc2ccc([N+](=O)[O-])cc2CN(CC)C(=O)Sc2nnnn2CC(=O)OCCCC)C(=O)C(C)(C)C)c1. The Hall–Kier alpha value is -4.82. The van der Waals surface area contributed by atoms with E-state index in [1.54, 1.807) is 27.7 Å². The molecule has 2 N–H and O–H groups in total. The number of rotatable bonds is 32. The van der Waals surface area contributed by atoms with Crippen molar-refractivity contribution in [2.45, 2.75) is 169 Å². The molecule has 1 unspecified atom stereocenters. The van der Waals surface area contributed by atoms with Gasteiger partial charge in [-0.15, -0.1) is 5.10 Å². The number of anilines is 2. The topological polar surface area (TPSA) is 235 Å². The molecule has 3 aromatic rings. The Balaban J connectivity index is 1.70. The highest BCUT2D eigenvalue weighted by Gasteiger charge is 2.38. The number of carbonyl (C=O) groups excluding carboxylic acids is 4. The smallest absolute Gasteiger partial charge is 0.327 e. The van der Waals surface area contributed by atoms with Crippen molar-refractivity contribution in [3.8, 4) is 5.75 Å². The molecule has 372 valence electrons. The lowest BCUT2D eigenvalue weighted by Gasteiger charge is -2.27. The van der Waals surface area contributed by atoms with E-state index < -0.39 is 49.4 Å². The molecule has 18 nitrogen and oxygen atoms in total. The minimum atomic E-state index is -3.75. The predicted octanol–water partition coefficient (Wildman–Crippen LogP) is 10.5. The number of ketones is 1. The first-order valence-corrected chi connectivity index (χ1v) is 26.2. The van der Waals surface area contributed by atoms with Crippen LogP contribution in [0.15, 0.2) is 41.6 Å². The van der Waals surface area contributed by atoms with Crippen molar-refractivity contribution in [3.05, 3.63) is 57.1 Å². The van der Waals surface area contributed by atoms with Crippen molar-refractivity contribution < 1.29 is 42.0 Å². The van der Waals surface area contributed by atoms with Crippen LogP contribution in [0.4, 0.5) is 21.9 Å². The third-order valence-corrected chi connectivity index (χ3v) is 13.3. The van der Waals surface area contributed by atoms with Gasteiger partial charge in [-0.1, -0.05) is 136 Å². The van der Waals surface area contributed by atoms with E-state index in [4.69, 9.17) is 21.1 Å². The van der Waals surface area contributed by atoms with E-state index >= 15 is 0 Å². The van der Waals surface area contributed by atoms with Gasteiger partial charge in [-0.3, -0.25) is 34.0 Å². The van der Waals surface area contributed by atoms with Crippen LogP contribution in [-0.4, -0.2) is 86.4 Å². The summed E-state index contributed by atoms with van der Waals surface area (Å²) in [6.45, 7) is 10.3. The molecule has 1 aromatic heterocycles. The third-order valence-electron chi connectivity index (χ3n) is 10.7. The number of nitro groups is 1. The number of halogens is 1. The monoisotopic (exact) mass is 992 g/mol. The van der Waals surface area contributed by atoms with Gasteiger partial charge in [0.15, 0.2) is 5.78 Å². The van der Waals surface area contributed by atoms with Crippen molar-refractivity contribution in [1.29, 1.82) is 0 Å². The number of thioether (sulfide) groups is 1. The number of hydrogen-bond donors (Lipinski definition) is 2. The molecule has 2 amide bonds. The van der Waals surface area contributed by atoms with Crippen LogP contribution in [0.5, 0.6) is 5.75 Å². The van der Waals surface area contributed by atoms with Gasteiger partial charge in [0.05, 0.1) is 40.2 Å². The van der Waals surface area contributed by atoms with E-state index in [-0.39, 0.29) is 70.5 Å². The number of nitro benzene ring substituents is 1. The van der Waals surface area contributed by atoms with E-state index in [1.165, 1.54) is 93.0 Å². The first-order valence-electron chi connectivity index (χ1n) is 23.4. The summed E-state index contributed by atoms with van der Waals surface area (Å²) in [5.41, 5.74) is -1.24. The molecule has 0 saturated carbocycles. The number of sulfonamides is 1. The number of amides is 2. The zero-order valence-electron chi connectivity index (χ0n) is 39.9. The molecule has 0 saturated heterocycles. The zero-order valence-corrected chi connectivity index (χ0v) is 42.2. The Labute approximate surface area is 404 Å². The van der Waals surface area contributed by atoms with E-state index in [9.17, 15) is 37.7 Å². The molecular weight excluding hydrogens is 924 g/mol. The predicted molar refractivity (Wildman–Crippen MR) is 261 cm³/mol. The fraction of sp³-hybridized carbons (Fsp3) is 0.630. The number of unbranched alkanes of at least 4 members (excludes halogenated alkanes) is 14. The van der Waals surface area contributed by atoms with Crippen LogP contribution in [0.25, 0.3) is 0 Å². The number of esters is 1. The second-order valence-electron chi connectivity index (χ2n) is 17.4. The van der Waals surface area contributed by atoms with Crippen LogP contribution < -0.4 is 14.8 Å². The highest BCUT2D eigenvalue weighted by atomic mass is 35.5. The van der Waals surface area contributed by atoms with Crippen LogP contribution in [0.1, 0.15) is 150 Å². The second kappa shape index (κ2) is 29.2. The van der Waals surface area contributed by atoms with E-state index in [2.05, 4.69) is 32.5 Å². The van der Waals surface area contributed by atoms with Gasteiger partial charge in [0.25, 0.3) is 16.8 Å². The molecule has 0 bridgehead atoms. The zero-order chi connectivity index (χ0) is 49.4. The average molecular weight is 994 g/mol. The summed E-state index contributed by atoms with van der Waals surface area (Å²) in [6.07, 6.45) is 15.7. The van der Waals surface area contributed by atoms with Crippen molar-refractivity contribution in [2.24, 2.45) is 5.41 Å². The average Bonchev–Trinajstić information content (AvgIpc) is 3.70. The minimum Gasteiger partial charge on any atom is -0.472 e. The van der Waals surface area contributed by atoms with Crippen molar-refractivity contribution in [1.82, 2.24) is 25.1 Å². The van der Waals surface area contributed by atoms with Crippen LogP contribution in [0.2, 0.25) is 5.02 Å². The van der Waals surface area contributed by atoms with Gasteiger partial charge in [-0.25, -0.2) is 13.1 Å². The van der Waals surface area contributed by atoms with Crippen molar-refractivity contribution in [2.75, 3.05) is 28.9 Å². The largest absolute Gasteiger partial charge is 0.472 e. The first-order chi connectivity index (χ1) is 31.9. The van der Waals surface area contributed by atoms with Crippen LogP contribution in [0.3, 0.4) is 0 Å². The summed E-state index contributed by atoms with van der Waals surface area (Å²) in [5, 5.41) is 25.2. The van der Waals surface area contributed by atoms with Gasteiger partial charge in [-0.05, 0) is 54.5 Å². The molecular formula is C46H69ClN8O10S2. The Morgan fingerprint density at radius 2 is 1.49 bits per heavy atom. The number of tetrazole rings is 1. The Morgan fingerprint density at radius 3 is 2.07 bits per heavy atom. The van der Waals surface area contributed by atoms with E-state index in [1.807, 2.05) is 6.92 Å². The van der Waals surface area contributed by atoms with Gasteiger partial charge in [0.2, 0.25) is 21.3 Å². The number of nitrogens with one attached hydrogen (secondary N) is 2. The lowest BCUT2D eigenvalue weighted by molar-refractivity contribution is -0.385. The summed E-state index contributed by atoms with van der Waals surface area (Å²) in [4.78, 5) is 66.5. The van der Waals surface area contributed by atoms with Gasteiger partial charge in [-0.2, -0.15) is 0 Å². The highest BCUT2D eigenvalue weighted by molar-refractivity contribution is 8.13. The number of ether oxygens (including phenoxy) is 2. The standard InChI is InChI=1S/C46H69ClN8O10S2/c1-7-10-12-13-14-15-16-17-18-19-20-21-22-23-29-67(62,63)50-35-24-26-37(47)38(31-35)48-43(58)41(42(57)46(4,5)6)65-39-27-25-36(55(60)61)30-34(39)32-53(9-3)45(59)66-44-49-51-52-54(44)33-40(56)64-28-11-8-2/h24-27,30-31,41,50H,7-23,28-29,32-33H2,1-6H3,(H,48,58). The maximum Gasteiger partial charge on any atom is 0.327 e. The molecule has 2 aromatic carbocycles. The number of hydrogen-bond acceptors (Lipinski definition) is 14. The second-order valence-corrected chi connectivity index (χ2v) is 20.6. The van der Waals surface area contributed by atoms with Crippen molar-refractivity contribution in [3.63, 3.8) is 0 Å². The van der Waals surface area contributed by atoms with Crippen LogP contribution in [-0.2, 0) is 42.2 Å². The minimum absolute atomic E-state index is 0.000492. The molecule has 67 heavy (non-hydrogen) atoms. The molecule has 0 aliphatic heterocycles. The molecule has 21 heteroatoms. The van der Waals surface area contributed by atoms with Crippen LogP contribution in [0, 0.1) is 15.5 Å². The number of non-ortho nitro benzene ring substituents is 1. The number of carbonyl (C=O) groups is 4. The number of nitrogens with zero attached hydrogens (tertiary/aromatic N) is 6. The third kappa shape index (κ3) is 20.5. The van der Waals surface area contributed by atoms with Crippen LogP contribution >= 0.6 is 23.4 Å². The van der Waals surface area contributed by atoms with Gasteiger partial charge < -0.3 is 19.7 Å². The lowest BCUT2D eigenvalue weighted by atomic mass is 9.87. The summed E-state index contributed by atoms with van der Waals surface area (Å²) in [5.74, 6) is -2.39. The molecule has 1 atom stereocenters. The fourth-order valence-electron chi connectivity index (χ4n) is 6.79. The highest BCUT2D eigenvalue weighted by Crippen LogP contribution is 2.32. The van der Waals surface area contributed by atoms with Gasteiger partial charge >= 0.3 is 5.97 Å². The fourth-order valence-corrected chi connectivity index (χ4v) is 8.88. The summed E-state index contributed by atoms with van der Waals surface area (Å²) in [6, 6.07) is 7.76. The first kappa shape index (κ1) is 56.5. The summed E-state index contributed by atoms with van der Waals surface area (Å²) >= 11 is 7.10. The van der Waals surface area contributed by atoms with E-state index in [0.29, 0.717) is 24.6 Å². The number of Topliss-reactive ketones (excluding diaryl/α,β-unsaturated/α-hetero) is 1. The Morgan fingerprint density at radius 1 is 0.881 bits per heavy atom. The maximum absolute atomic E-state index is 14.1. The van der Waals surface area contributed by atoms with Gasteiger partial charge in [0, 0.05) is 41.4 Å². The quantitative estimate of drug-likeness (QED) is 0.0148. The maximum atomic E-state index is 14.1. The summed E-state index contributed by atoms with van der Waals surface area (Å²) < 4.78 is 41.1. The molecule has 1 heterocycles.